The summed E-state index contributed by atoms with van der Waals surface area (Å²) in [4.78, 5) is 15.7. The number of rotatable bonds is 2. The maximum Gasteiger partial charge on any atom is 0.308 e. The number of halogens is 1. The predicted molar refractivity (Wildman–Crippen MR) is 71.5 cm³/mol. The third-order valence-electron chi connectivity index (χ3n) is 4.24. The molecule has 1 unspecified atom stereocenters. The predicted octanol–water partition coefficient (Wildman–Crippen LogP) is 1.65. The number of imidazole rings is 1. The average molecular weight is 284 g/mol. The molecule has 2 aliphatic heterocycles. The van der Waals surface area contributed by atoms with Gasteiger partial charge in [-0.2, -0.15) is 0 Å². The van der Waals surface area contributed by atoms with Crippen molar-refractivity contribution in [2.45, 2.75) is 38.1 Å². The van der Waals surface area contributed by atoms with Gasteiger partial charge in [0.15, 0.2) is 5.15 Å². The van der Waals surface area contributed by atoms with Crippen LogP contribution in [-0.4, -0.2) is 33.7 Å². The number of carboxylic acid groups (broad SMARTS) is 1. The molecule has 2 aliphatic rings. The summed E-state index contributed by atoms with van der Waals surface area (Å²) in [6, 6.07) is 0. The fourth-order valence-corrected chi connectivity index (χ4v) is 3.42. The van der Waals surface area contributed by atoms with Gasteiger partial charge in [0.2, 0.25) is 0 Å². The quantitative estimate of drug-likeness (QED) is 0.866. The summed E-state index contributed by atoms with van der Waals surface area (Å²) in [6.45, 7) is 2.50. The van der Waals surface area contributed by atoms with E-state index in [0.717, 1.165) is 37.4 Å². The lowest BCUT2D eigenvalue weighted by molar-refractivity contribution is -0.142. The van der Waals surface area contributed by atoms with Crippen molar-refractivity contribution in [1.82, 2.24) is 14.9 Å². The van der Waals surface area contributed by atoms with Crippen molar-refractivity contribution in [3.05, 3.63) is 16.7 Å². The van der Waals surface area contributed by atoms with Gasteiger partial charge in [0, 0.05) is 12.5 Å². The molecule has 3 heterocycles. The smallest absolute Gasteiger partial charge is 0.308 e. The number of carboxylic acids is 1. The molecular formula is C13H18ClN3O2. The second kappa shape index (κ2) is 5.13. The van der Waals surface area contributed by atoms with Crippen LogP contribution in [0.2, 0.25) is 5.15 Å². The molecule has 3 rings (SSSR count). The molecular weight excluding hydrogens is 266 g/mol. The zero-order valence-corrected chi connectivity index (χ0v) is 11.5. The van der Waals surface area contributed by atoms with Crippen molar-refractivity contribution in [1.29, 1.82) is 0 Å². The largest absolute Gasteiger partial charge is 0.481 e. The number of aliphatic carboxylic acids is 1. The van der Waals surface area contributed by atoms with Crippen LogP contribution in [0.1, 0.15) is 36.7 Å². The van der Waals surface area contributed by atoms with Gasteiger partial charge in [-0.05, 0) is 38.8 Å². The SMILES string of the molecule is O=C(O)C1CCc2c(Cl)nc(C3CCNCC3)n2C1. The number of fused-ring (bicyclic) bond motifs is 1. The van der Waals surface area contributed by atoms with Gasteiger partial charge >= 0.3 is 5.97 Å². The van der Waals surface area contributed by atoms with Gasteiger partial charge < -0.3 is 15.0 Å². The van der Waals surface area contributed by atoms with Crippen LogP contribution in [0.5, 0.6) is 0 Å². The molecule has 0 saturated carbocycles. The van der Waals surface area contributed by atoms with E-state index in [0.29, 0.717) is 30.5 Å². The van der Waals surface area contributed by atoms with Crippen molar-refractivity contribution >= 4 is 17.6 Å². The van der Waals surface area contributed by atoms with E-state index in [1.165, 1.54) is 0 Å². The number of hydrogen-bond acceptors (Lipinski definition) is 3. The minimum absolute atomic E-state index is 0.307. The summed E-state index contributed by atoms with van der Waals surface area (Å²) in [6.07, 6.45) is 3.47. The van der Waals surface area contributed by atoms with E-state index in [1.54, 1.807) is 0 Å². The summed E-state index contributed by atoms with van der Waals surface area (Å²) in [7, 11) is 0. The lowest BCUT2D eigenvalue weighted by Gasteiger charge is -2.27. The molecule has 1 atom stereocenters. The van der Waals surface area contributed by atoms with Crippen LogP contribution < -0.4 is 5.32 Å². The highest BCUT2D eigenvalue weighted by atomic mass is 35.5. The Morgan fingerprint density at radius 1 is 1.37 bits per heavy atom. The third-order valence-corrected chi connectivity index (χ3v) is 4.54. The van der Waals surface area contributed by atoms with Gasteiger partial charge in [-0.15, -0.1) is 0 Å². The Hall–Kier alpha value is -1.07. The number of hydrogen-bond donors (Lipinski definition) is 2. The lowest BCUT2D eigenvalue weighted by atomic mass is 9.95. The molecule has 2 N–H and O–H groups in total. The average Bonchev–Trinajstić information content (AvgIpc) is 2.77. The first-order valence-electron chi connectivity index (χ1n) is 6.85. The normalized spacial score (nSPS) is 24.2. The molecule has 1 saturated heterocycles. The van der Waals surface area contributed by atoms with Crippen molar-refractivity contribution < 1.29 is 9.90 Å². The highest BCUT2D eigenvalue weighted by Crippen LogP contribution is 2.33. The number of nitrogens with one attached hydrogen (secondary N) is 1. The van der Waals surface area contributed by atoms with E-state index in [4.69, 9.17) is 11.6 Å². The van der Waals surface area contributed by atoms with E-state index >= 15 is 0 Å². The monoisotopic (exact) mass is 283 g/mol. The fourth-order valence-electron chi connectivity index (χ4n) is 3.13. The number of aromatic nitrogens is 2. The number of piperidine rings is 1. The van der Waals surface area contributed by atoms with Crippen LogP contribution in [-0.2, 0) is 17.8 Å². The van der Waals surface area contributed by atoms with Crippen LogP contribution in [0.25, 0.3) is 0 Å². The first-order chi connectivity index (χ1) is 9.16. The summed E-state index contributed by atoms with van der Waals surface area (Å²) < 4.78 is 2.07. The summed E-state index contributed by atoms with van der Waals surface area (Å²) in [5, 5.41) is 13.1. The fraction of sp³-hybridized carbons (Fsp3) is 0.692. The minimum atomic E-state index is -0.716. The van der Waals surface area contributed by atoms with Crippen LogP contribution in [0.4, 0.5) is 0 Å². The third kappa shape index (κ3) is 2.37. The van der Waals surface area contributed by atoms with Gasteiger partial charge in [-0.25, -0.2) is 4.98 Å². The second-order valence-electron chi connectivity index (χ2n) is 5.42. The summed E-state index contributed by atoms with van der Waals surface area (Å²) in [5.74, 6) is 0.373. The molecule has 0 amide bonds. The van der Waals surface area contributed by atoms with E-state index in [1.807, 2.05) is 0 Å². The Labute approximate surface area is 117 Å². The van der Waals surface area contributed by atoms with Gasteiger partial charge in [0.25, 0.3) is 0 Å². The Kier molecular flexibility index (Phi) is 3.50. The van der Waals surface area contributed by atoms with Crippen molar-refractivity contribution in [2.75, 3.05) is 13.1 Å². The molecule has 0 bridgehead atoms. The Morgan fingerprint density at radius 3 is 2.79 bits per heavy atom. The molecule has 1 fully saturated rings. The maximum atomic E-state index is 11.2. The van der Waals surface area contributed by atoms with Crippen LogP contribution in [0.15, 0.2) is 0 Å². The molecule has 1 aromatic rings. The van der Waals surface area contributed by atoms with E-state index in [9.17, 15) is 9.90 Å². The summed E-state index contributed by atoms with van der Waals surface area (Å²) in [5.41, 5.74) is 1.02. The van der Waals surface area contributed by atoms with E-state index in [2.05, 4.69) is 14.9 Å². The van der Waals surface area contributed by atoms with Gasteiger partial charge in [0.1, 0.15) is 5.82 Å². The van der Waals surface area contributed by atoms with Gasteiger partial charge in [-0.3, -0.25) is 4.79 Å². The zero-order chi connectivity index (χ0) is 13.4. The minimum Gasteiger partial charge on any atom is -0.481 e. The molecule has 6 heteroatoms. The van der Waals surface area contributed by atoms with E-state index in [-0.39, 0.29) is 5.92 Å². The first kappa shape index (κ1) is 12.9. The lowest BCUT2D eigenvalue weighted by Crippen LogP contribution is -2.31. The topological polar surface area (TPSA) is 67.2 Å². The van der Waals surface area contributed by atoms with Crippen molar-refractivity contribution in [2.24, 2.45) is 5.92 Å². The highest BCUT2D eigenvalue weighted by Gasteiger charge is 2.31. The number of carbonyl (C=O) groups is 1. The highest BCUT2D eigenvalue weighted by molar-refractivity contribution is 6.30. The van der Waals surface area contributed by atoms with Crippen LogP contribution in [0, 0.1) is 5.92 Å². The molecule has 0 aliphatic carbocycles. The van der Waals surface area contributed by atoms with Crippen molar-refractivity contribution in [3.8, 4) is 0 Å². The van der Waals surface area contributed by atoms with E-state index < -0.39 is 5.97 Å². The molecule has 1 aromatic heterocycles. The molecule has 19 heavy (non-hydrogen) atoms. The van der Waals surface area contributed by atoms with Gasteiger partial charge in [-0.1, -0.05) is 11.6 Å². The number of nitrogens with zero attached hydrogens (tertiary/aromatic N) is 2. The van der Waals surface area contributed by atoms with Gasteiger partial charge in [0.05, 0.1) is 11.6 Å². The standard InChI is InChI=1S/C13H18ClN3O2/c14-11-10-2-1-9(13(18)19)7-17(10)12(16-11)8-3-5-15-6-4-8/h8-9,15H,1-7H2,(H,18,19). The molecule has 104 valence electrons. The molecule has 0 radical (unpaired) electrons. The van der Waals surface area contributed by atoms with Crippen molar-refractivity contribution in [3.63, 3.8) is 0 Å². The Balaban J connectivity index is 1.91. The second-order valence-corrected chi connectivity index (χ2v) is 5.77. The molecule has 5 nitrogen and oxygen atoms in total. The Morgan fingerprint density at radius 2 is 2.11 bits per heavy atom. The van der Waals surface area contributed by atoms with Crippen LogP contribution >= 0.6 is 11.6 Å². The maximum absolute atomic E-state index is 11.2. The molecule has 0 spiro atoms. The first-order valence-corrected chi connectivity index (χ1v) is 7.23. The summed E-state index contributed by atoms with van der Waals surface area (Å²) >= 11 is 6.21. The molecule has 0 aromatic carbocycles. The zero-order valence-electron chi connectivity index (χ0n) is 10.7. The van der Waals surface area contributed by atoms with Crippen LogP contribution in [0.3, 0.4) is 0 Å². The Bertz CT molecular complexity index is 494.